The van der Waals surface area contributed by atoms with E-state index in [1.54, 1.807) is 11.8 Å². The fourth-order valence-corrected chi connectivity index (χ4v) is 1.91. The van der Waals surface area contributed by atoms with Gasteiger partial charge in [-0.1, -0.05) is 13.8 Å². The Bertz CT molecular complexity index is 345. The van der Waals surface area contributed by atoms with E-state index in [-0.39, 0.29) is 6.61 Å². The average molecular weight is 256 g/mol. The van der Waals surface area contributed by atoms with Crippen LogP contribution in [-0.4, -0.2) is 29.1 Å². The van der Waals surface area contributed by atoms with Crippen molar-refractivity contribution in [3.05, 3.63) is 12.1 Å². The summed E-state index contributed by atoms with van der Waals surface area (Å²) in [4.78, 5) is 4.35. The van der Waals surface area contributed by atoms with Crippen LogP contribution in [0.4, 0.5) is 5.69 Å². The lowest BCUT2D eigenvalue weighted by Gasteiger charge is -2.10. The number of anilines is 1. The average Bonchev–Trinajstić information content (AvgIpc) is 2.29. The maximum absolute atomic E-state index is 8.71. The second-order valence-corrected chi connectivity index (χ2v) is 5.29. The molecule has 0 fully saturated rings. The van der Waals surface area contributed by atoms with Gasteiger partial charge < -0.3 is 15.6 Å². The molecule has 1 aromatic heterocycles. The van der Waals surface area contributed by atoms with Crippen LogP contribution in [0, 0.1) is 5.92 Å². The number of aliphatic hydroxyl groups is 1. The maximum atomic E-state index is 8.71. The Morgan fingerprint density at radius 3 is 2.88 bits per heavy atom. The van der Waals surface area contributed by atoms with Crippen LogP contribution >= 0.6 is 11.8 Å². The molecule has 0 aliphatic rings. The summed E-state index contributed by atoms with van der Waals surface area (Å²) >= 11 is 1.60. The van der Waals surface area contributed by atoms with Crippen molar-refractivity contribution in [1.82, 2.24) is 4.98 Å². The van der Waals surface area contributed by atoms with Crippen molar-refractivity contribution < 1.29 is 9.84 Å². The van der Waals surface area contributed by atoms with Gasteiger partial charge in [-0.25, -0.2) is 4.98 Å². The second kappa shape index (κ2) is 7.40. The third kappa shape index (κ3) is 5.28. The number of pyridine rings is 1. The van der Waals surface area contributed by atoms with Crippen LogP contribution in [-0.2, 0) is 0 Å². The molecule has 0 amide bonds. The minimum Gasteiger partial charge on any atom is -0.476 e. The Labute approximate surface area is 107 Å². The molecule has 3 N–H and O–H groups in total. The summed E-state index contributed by atoms with van der Waals surface area (Å²) in [6, 6.07) is 3.68. The van der Waals surface area contributed by atoms with Crippen LogP contribution in [0.2, 0.25) is 0 Å². The van der Waals surface area contributed by atoms with Crippen molar-refractivity contribution in [2.24, 2.45) is 5.92 Å². The van der Waals surface area contributed by atoms with Crippen LogP contribution in [0.1, 0.15) is 20.3 Å². The Morgan fingerprint density at radius 1 is 1.47 bits per heavy atom. The lowest BCUT2D eigenvalue weighted by molar-refractivity contribution is 0.261. The lowest BCUT2D eigenvalue weighted by Crippen LogP contribution is -2.07. The first-order valence-corrected chi connectivity index (χ1v) is 6.75. The number of ether oxygens (including phenoxy) is 1. The number of rotatable bonds is 7. The van der Waals surface area contributed by atoms with Crippen molar-refractivity contribution in [3.63, 3.8) is 0 Å². The first kappa shape index (κ1) is 14.1. The second-order valence-electron chi connectivity index (χ2n) is 4.17. The first-order chi connectivity index (χ1) is 8.13. The number of nitrogens with two attached hydrogens (primary N) is 1. The number of hydrogen-bond acceptors (Lipinski definition) is 5. The monoisotopic (exact) mass is 256 g/mol. The smallest absolute Gasteiger partial charge is 0.238 e. The van der Waals surface area contributed by atoms with E-state index in [1.165, 1.54) is 0 Å². The highest BCUT2D eigenvalue weighted by Gasteiger charge is 2.06. The van der Waals surface area contributed by atoms with E-state index in [0.29, 0.717) is 24.1 Å². The lowest BCUT2D eigenvalue weighted by atomic mass is 10.2. The molecule has 0 atom stereocenters. The standard InChI is InChI=1S/C12H20N2O2S/c1-9(2)8-16-12-10(13)4-5-11(14-12)17-7-3-6-15/h4-5,9,15H,3,6-8,13H2,1-2H3. The molecule has 1 aromatic rings. The third-order valence-electron chi connectivity index (χ3n) is 1.97. The number of nitrogen functional groups attached to an aromatic ring is 1. The molecule has 0 aromatic carbocycles. The summed E-state index contributed by atoms with van der Waals surface area (Å²) in [5, 5.41) is 9.59. The highest BCUT2D eigenvalue weighted by atomic mass is 32.2. The SMILES string of the molecule is CC(C)COc1nc(SCCCO)ccc1N. The zero-order chi connectivity index (χ0) is 12.7. The van der Waals surface area contributed by atoms with Crippen LogP contribution in [0.25, 0.3) is 0 Å². The van der Waals surface area contributed by atoms with Crippen LogP contribution in [0.5, 0.6) is 5.88 Å². The maximum Gasteiger partial charge on any atom is 0.238 e. The minimum absolute atomic E-state index is 0.207. The topological polar surface area (TPSA) is 68.4 Å². The van der Waals surface area contributed by atoms with E-state index in [0.717, 1.165) is 17.2 Å². The van der Waals surface area contributed by atoms with Crippen LogP contribution < -0.4 is 10.5 Å². The Balaban J connectivity index is 2.59. The Kier molecular flexibility index (Phi) is 6.15. The molecule has 17 heavy (non-hydrogen) atoms. The molecule has 0 spiro atoms. The van der Waals surface area contributed by atoms with Crippen molar-refractivity contribution in [2.45, 2.75) is 25.3 Å². The number of aromatic nitrogens is 1. The molecule has 0 aliphatic carbocycles. The van der Waals surface area contributed by atoms with Gasteiger partial charge in [0.05, 0.1) is 12.3 Å². The predicted molar refractivity (Wildman–Crippen MR) is 71.4 cm³/mol. The molecule has 0 unspecified atom stereocenters. The summed E-state index contributed by atoms with van der Waals surface area (Å²) in [5.41, 5.74) is 6.36. The van der Waals surface area contributed by atoms with E-state index in [1.807, 2.05) is 12.1 Å². The van der Waals surface area contributed by atoms with E-state index in [4.69, 9.17) is 15.6 Å². The minimum atomic E-state index is 0.207. The molecule has 0 saturated heterocycles. The summed E-state index contributed by atoms with van der Waals surface area (Å²) in [6.07, 6.45) is 0.763. The molecule has 5 heteroatoms. The summed E-state index contributed by atoms with van der Waals surface area (Å²) in [7, 11) is 0. The number of nitrogens with zero attached hydrogens (tertiary/aromatic N) is 1. The van der Waals surface area contributed by atoms with E-state index in [9.17, 15) is 0 Å². The van der Waals surface area contributed by atoms with Gasteiger partial charge in [0.15, 0.2) is 0 Å². The van der Waals surface area contributed by atoms with Gasteiger partial charge in [0.25, 0.3) is 0 Å². The van der Waals surface area contributed by atoms with Gasteiger partial charge in [-0.2, -0.15) is 0 Å². The number of aliphatic hydroxyl groups excluding tert-OH is 1. The zero-order valence-corrected chi connectivity index (χ0v) is 11.2. The Morgan fingerprint density at radius 2 is 2.24 bits per heavy atom. The van der Waals surface area contributed by atoms with E-state index in [2.05, 4.69) is 18.8 Å². The fraction of sp³-hybridized carbons (Fsp3) is 0.583. The molecule has 0 bridgehead atoms. The molecule has 96 valence electrons. The molecule has 0 saturated carbocycles. The molecule has 1 rings (SSSR count). The number of thioether (sulfide) groups is 1. The highest BCUT2D eigenvalue weighted by Crippen LogP contribution is 2.24. The summed E-state index contributed by atoms with van der Waals surface area (Å²) in [6.45, 7) is 4.98. The normalized spacial score (nSPS) is 10.8. The van der Waals surface area contributed by atoms with Gasteiger partial charge >= 0.3 is 0 Å². The van der Waals surface area contributed by atoms with Gasteiger partial charge in [-0.05, 0) is 24.5 Å². The molecule has 1 heterocycles. The van der Waals surface area contributed by atoms with Crippen molar-refractivity contribution in [1.29, 1.82) is 0 Å². The Hall–Kier alpha value is -0.940. The van der Waals surface area contributed by atoms with Crippen molar-refractivity contribution in [2.75, 3.05) is 24.7 Å². The van der Waals surface area contributed by atoms with Crippen molar-refractivity contribution in [3.8, 4) is 5.88 Å². The highest BCUT2D eigenvalue weighted by molar-refractivity contribution is 7.99. The molecule has 0 aliphatic heterocycles. The van der Waals surface area contributed by atoms with Gasteiger partial charge in [0.2, 0.25) is 5.88 Å². The molecule has 4 nitrogen and oxygen atoms in total. The van der Waals surface area contributed by atoms with Gasteiger partial charge in [0, 0.05) is 12.4 Å². The van der Waals surface area contributed by atoms with Crippen LogP contribution in [0.15, 0.2) is 17.2 Å². The van der Waals surface area contributed by atoms with Gasteiger partial charge in [-0.3, -0.25) is 0 Å². The van der Waals surface area contributed by atoms with Crippen molar-refractivity contribution >= 4 is 17.4 Å². The van der Waals surface area contributed by atoms with Gasteiger partial charge in [-0.15, -0.1) is 11.8 Å². The predicted octanol–water partition coefficient (Wildman–Crippen LogP) is 2.17. The first-order valence-electron chi connectivity index (χ1n) is 5.76. The number of hydrogen-bond donors (Lipinski definition) is 2. The van der Waals surface area contributed by atoms with E-state index < -0.39 is 0 Å². The quantitative estimate of drug-likeness (QED) is 0.578. The molecular formula is C12H20N2O2S. The zero-order valence-electron chi connectivity index (χ0n) is 10.3. The molecular weight excluding hydrogens is 236 g/mol. The van der Waals surface area contributed by atoms with Crippen LogP contribution in [0.3, 0.4) is 0 Å². The summed E-state index contributed by atoms with van der Waals surface area (Å²) < 4.78 is 5.55. The fourth-order valence-electron chi connectivity index (χ4n) is 1.12. The van der Waals surface area contributed by atoms with E-state index >= 15 is 0 Å². The summed E-state index contributed by atoms with van der Waals surface area (Å²) in [5.74, 6) is 1.80. The van der Waals surface area contributed by atoms with Gasteiger partial charge in [0.1, 0.15) is 5.03 Å². The molecule has 0 radical (unpaired) electrons. The largest absolute Gasteiger partial charge is 0.476 e. The third-order valence-corrected chi connectivity index (χ3v) is 2.99.